The minimum absolute atomic E-state index is 0.00171. The van der Waals surface area contributed by atoms with Gasteiger partial charge in [-0.3, -0.25) is 52.7 Å². The zero-order chi connectivity index (χ0) is 75.5. The number of aliphatic imine (C=N–C) groups is 1. The summed E-state index contributed by atoms with van der Waals surface area (Å²) >= 11 is 0. The lowest BCUT2D eigenvalue weighted by atomic mass is 9.75. The monoisotopic (exact) mass is 1420 g/mol. The van der Waals surface area contributed by atoms with Crippen molar-refractivity contribution in [3.63, 3.8) is 0 Å². The Bertz CT molecular complexity index is 3000. The number of Topliss-reactive ketones (excluding diaryl/α,β-unsaturated/α-hetero) is 6. The van der Waals surface area contributed by atoms with E-state index in [-0.39, 0.29) is 131 Å². The summed E-state index contributed by atoms with van der Waals surface area (Å²) < 4.78 is 17.6. The maximum atomic E-state index is 14.6. The number of piperidine rings is 4. The zero-order valence-corrected chi connectivity index (χ0v) is 64.8. The minimum atomic E-state index is -0.753. The van der Waals surface area contributed by atoms with E-state index in [0.717, 1.165) is 103 Å². The van der Waals surface area contributed by atoms with Gasteiger partial charge in [0, 0.05) is 103 Å². The number of amides is 4. The fraction of sp³-hybridized carbons (Fsp3) is 0.805. The molecule has 572 valence electrons. The van der Waals surface area contributed by atoms with Crippen LogP contribution >= 0.6 is 0 Å². The van der Waals surface area contributed by atoms with E-state index >= 15 is 0 Å². The Morgan fingerprint density at radius 2 is 1.00 bits per heavy atom. The number of isocyanates is 1. The quantitative estimate of drug-likeness (QED) is 0.0383. The predicted molar refractivity (Wildman–Crippen MR) is 392 cm³/mol. The molecule has 0 aromatic rings. The summed E-state index contributed by atoms with van der Waals surface area (Å²) in [6, 6.07) is -1.41. The highest BCUT2D eigenvalue weighted by Gasteiger charge is 2.70. The maximum absolute atomic E-state index is 14.6. The van der Waals surface area contributed by atoms with Crippen molar-refractivity contribution in [2.75, 3.05) is 65.7 Å². The average molecular weight is 1420 g/mol. The number of nitrogens with zero attached hydrogens (tertiary/aromatic N) is 5. The number of likely N-dealkylation sites (tertiary alicyclic amines) is 2. The van der Waals surface area contributed by atoms with Crippen molar-refractivity contribution >= 4 is 70.4 Å². The Morgan fingerprint density at radius 1 is 0.578 bits per heavy atom. The first-order valence-corrected chi connectivity index (χ1v) is 39.0. The van der Waals surface area contributed by atoms with Gasteiger partial charge in [0.15, 0.2) is 23.1 Å². The molecule has 20 nitrogen and oxygen atoms in total. The van der Waals surface area contributed by atoms with E-state index in [1.54, 1.807) is 43.9 Å². The molecule has 6 aliphatic heterocycles. The Hall–Kier alpha value is -5.85. The smallest absolute Gasteiger partial charge is 0.307 e. The van der Waals surface area contributed by atoms with Crippen LogP contribution in [0.25, 0.3) is 0 Å². The first kappa shape index (κ1) is 85.1. The highest BCUT2D eigenvalue weighted by atomic mass is 16.6. The molecule has 6 heterocycles. The van der Waals surface area contributed by atoms with Gasteiger partial charge in [-0.2, -0.15) is 0 Å². The molecular weight excluding hydrogens is 1290 g/mol. The molecule has 0 unspecified atom stereocenters. The fourth-order valence-electron chi connectivity index (χ4n) is 16.7. The van der Waals surface area contributed by atoms with Crippen LogP contribution < -0.4 is 0 Å². The van der Waals surface area contributed by atoms with Crippen molar-refractivity contribution in [3.05, 3.63) is 25.3 Å². The van der Waals surface area contributed by atoms with Gasteiger partial charge in [-0.1, -0.05) is 133 Å². The summed E-state index contributed by atoms with van der Waals surface area (Å²) in [4.78, 5) is 167. The molecule has 0 aromatic carbocycles. The third-order valence-electron chi connectivity index (χ3n) is 23.5. The van der Waals surface area contributed by atoms with E-state index in [0.29, 0.717) is 90.9 Å². The molecule has 8 fully saturated rings. The Labute approximate surface area is 610 Å². The van der Waals surface area contributed by atoms with Crippen LogP contribution in [0.4, 0.5) is 0 Å². The van der Waals surface area contributed by atoms with E-state index in [1.165, 1.54) is 0 Å². The van der Waals surface area contributed by atoms with Crippen LogP contribution in [0, 0.1) is 74.9 Å². The van der Waals surface area contributed by atoms with Gasteiger partial charge in [0.25, 0.3) is 0 Å². The molecule has 102 heavy (non-hydrogen) atoms. The molecule has 20 heteroatoms. The second-order valence-corrected chi connectivity index (χ2v) is 35.2. The number of carbonyl (C=O) groups excluding carboxylic acids is 12. The minimum Gasteiger partial charge on any atom is -0.460 e. The number of esters is 1. The van der Waals surface area contributed by atoms with Gasteiger partial charge in [0.1, 0.15) is 5.60 Å². The summed E-state index contributed by atoms with van der Waals surface area (Å²) in [7, 11) is 0. The van der Waals surface area contributed by atoms with E-state index in [9.17, 15) is 57.5 Å². The molecule has 8 rings (SSSR count). The van der Waals surface area contributed by atoms with E-state index in [4.69, 9.17) is 14.2 Å². The van der Waals surface area contributed by atoms with Crippen LogP contribution in [0.2, 0.25) is 0 Å². The first-order valence-electron chi connectivity index (χ1n) is 39.0. The summed E-state index contributed by atoms with van der Waals surface area (Å²) in [5.41, 5.74) is -1.07. The second kappa shape index (κ2) is 38.4. The number of fused-ring (bicyclic) bond motifs is 6. The number of ketones is 6. The molecule has 12 atom stereocenters. The third kappa shape index (κ3) is 24.1. The molecule has 8 aliphatic rings. The van der Waals surface area contributed by atoms with E-state index in [2.05, 4.69) is 66.6 Å². The fourth-order valence-corrected chi connectivity index (χ4v) is 16.7. The summed E-state index contributed by atoms with van der Waals surface area (Å²) in [5, 5.41) is 0. The van der Waals surface area contributed by atoms with E-state index in [1.807, 2.05) is 35.5 Å². The predicted octanol–water partition coefficient (Wildman–Crippen LogP) is 12.8. The van der Waals surface area contributed by atoms with Gasteiger partial charge in [0.05, 0.1) is 49.6 Å². The van der Waals surface area contributed by atoms with Crippen LogP contribution in [0.15, 0.2) is 30.3 Å². The largest absolute Gasteiger partial charge is 0.460 e. The topological polar surface area (TPSA) is 258 Å². The molecule has 2 saturated carbocycles. The molecule has 0 aromatic heterocycles. The molecule has 4 amide bonds. The lowest BCUT2D eigenvalue weighted by molar-refractivity contribution is -0.160. The number of hydrogen-bond acceptors (Lipinski definition) is 16. The molecule has 0 radical (unpaired) electrons. The number of carbonyl (C=O) groups is 11. The van der Waals surface area contributed by atoms with E-state index < -0.39 is 70.5 Å². The van der Waals surface area contributed by atoms with Gasteiger partial charge in [-0.25, -0.2) is 9.79 Å². The normalized spacial score (nSPS) is 28.4. The third-order valence-corrected chi connectivity index (χ3v) is 23.5. The van der Waals surface area contributed by atoms with Crippen LogP contribution in [-0.2, 0) is 71.7 Å². The number of allylic oxidation sites excluding steroid dienone is 2. The SMILES string of the molecule is C=CCCC(=O)C(=O)[C@@H]1CCCCCCCOC[C@H](CC(=O)OC(C)(C)C)C(=O)N2C[C@H]3[C@@H]([C@H]2C(=O)C1)C3(C)C.C=CCCC(=O)C(=O)[C@@H]1CCCCCCCOC[C@H](C[C@H](CN2CCCCC2=O)C(C)(C)C)C(=O)N2C[C@H]3[C@@H]([C@H]2C(=O)C1)C3(C)C.CC(C)(C)[C@@H](CN1CCCCC1=O)N=C=O. The standard InChI is InChI=1S/C38H60N2O6.C32H49NO7.C12H20N2O2/c1-7-8-17-30(41)35(44)26-16-12-10-9-11-15-20-46-25-27(21-28(37(2,3)4)23-39-19-14-13-18-32(39)43)36(45)40-24-29-33(38(29,5)6)34(40)31(42)22-26;1-7-8-15-24(34)29(37)21-14-12-10-9-11-13-16-39-20-22(18-26(36)40-31(2,3)4)30(38)33-19-23-27(32(23,5)6)28(33)25(35)17-21;1-12(2,3)10(13-9-15)8-14-7-5-4-6-11(14)16/h7,26-29,33-34H,1,8-25H2,2-6H3;7,21-23,27-28H,1,8-20H2,2-6H3;10H,4-8H2,1-3H3/t26-,27+,28-,29+,33+,34-;21-,22+,23+,27+,28-;10-/m111/s1. The second-order valence-electron chi connectivity index (χ2n) is 35.2. The highest BCUT2D eigenvalue weighted by molar-refractivity contribution is 6.38. The molecule has 0 spiro atoms. The molecule has 0 bridgehead atoms. The van der Waals surface area contributed by atoms with Crippen LogP contribution in [0.5, 0.6) is 0 Å². The first-order chi connectivity index (χ1) is 48.0. The number of hydrogen-bond donors (Lipinski definition) is 0. The summed E-state index contributed by atoms with van der Waals surface area (Å²) in [5.74, 6) is -4.38. The molecule has 0 N–H and O–H groups in total. The lowest BCUT2D eigenvalue weighted by Crippen LogP contribution is -2.50. The molecular formula is C82H129N5O15. The van der Waals surface area contributed by atoms with Crippen molar-refractivity contribution < 1.29 is 71.7 Å². The Kier molecular flexibility index (Phi) is 32.1. The summed E-state index contributed by atoms with van der Waals surface area (Å²) in [6.07, 6.45) is 21.6. The highest BCUT2D eigenvalue weighted by Crippen LogP contribution is 2.66. The van der Waals surface area contributed by atoms with Crippen molar-refractivity contribution in [2.24, 2.45) is 79.9 Å². The van der Waals surface area contributed by atoms with Crippen LogP contribution in [0.1, 0.15) is 257 Å². The summed E-state index contributed by atoms with van der Waals surface area (Å²) in [6.45, 7) is 39.0. The van der Waals surface area contributed by atoms with Gasteiger partial charge in [-0.05, 0) is 143 Å². The number of ether oxygens (including phenoxy) is 3. The Balaban J connectivity index is 0.000000266. The lowest BCUT2D eigenvalue weighted by Gasteiger charge is -2.40. The van der Waals surface area contributed by atoms with Crippen LogP contribution in [-0.4, -0.2) is 179 Å². The van der Waals surface area contributed by atoms with Crippen molar-refractivity contribution in [1.82, 2.24) is 19.6 Å². The molecule has 2 aliphatic carbocycles. The van der Waals surface area contributed by atoms with Crippen molar-refractivity contribution in [3.8, 4) is 0 Å². The van der Waals surface area contributed by atoms with Crippen LogP contribution in [0.3, 0.4) is 0 Å². The zero-order valence-electron chi connectivity index (χ0n) is 64.8. The molecule has 6 saturated heterocycles. The van der Waals surface area contributed by atoms with Gasteiger partial charge in [-0.15, -0.1) is 13.2 Å². The number of rotatable bonds is 19. The van der Waals surface area contributed by atoms with Gasteiger partial charge in [0.2, 0.25) is 41.3 Å². The van der Waals surface area contributed by atoms with Gasteiger partial charge >= 0.3 is 5.97 Å². The van der Waals surface area contributed by atoms with Gasteiger partial charge < -0.3 is 33.8 Å². The maximum Gasteiger partial charge on any atom is 0.307 e. The van der Waals surface area contributed by atoms with Crippen molar-refractivity contribution in [1.29, 1.82) is 0 Å². The Morgan fingerprint density at radius 3 is 1.41 bits per heavy atom. The van der Waals surface area contributed by atoms with Crippen molar-refractivity contribution in [2.45, 2.75) is 281 Å². The average Bonchev–Trinajstić information content (AvgIpc) is 1.53.